The number of pyridine rings is 1. The summed E-state index contributed by atoms with van der Waals surface area (Å²) in [4.78, 5) is 68.0. The highest BCUT2D eigenvalue weighted by Gasteiger charge is 2.45. The van der Waals surface area contributed by atoms with E-state index in [4.69, 9.17) is 4.42 Å². The van der Waals surface area contributed by atoms with Crippen LogP contribution in [-0.4, -0.2) is 58.6 Å². The first-order valence-electron chi connectivity index (χ1n) is 15.1. The van der Waals surface area contributed by atoms with Gasteiger partial charge in [-0.1, -0.05) is 36.4 Å². The summed E-state index contributed by atoms with van der Waals surface area (Å²) in [6, 6.07) is 17.6. The molecule has 1 saturated heterocycles. The van der Waals surface area contributed by atoms with Crippen LogP contribution in [0, 0.1) is 0 Å². The van der Waals surface area contributed by atoms with Gasteiger partial charge in [-0.25, -0.2) is 0 Å². The molecule has 2 atom stereocenters. The van der Waals surface area contributed by atoms with Crippen molar-refractivity contribution in [3.8, 4) is 0 Å². The predicted octanol–water partition coefficient (Wildman–Crippen LogP) is 3.44. The zero-order valence-corrected chi connectivity index (χ0v) is 24.6. The van der Waals surface area contributed by atoms with Crippen molar-refractivity contribution in [2.75, 3.05) is 13.1 Å². The molecule has 4 heterocycles. The van der Waals surface area contributed by atoms with Crippen molar-refractivity contribution < 1.29 is 28.4 Å². The molecule has 2 aliphatic rings. The van der Waals surface area contributed by atoms with Gasteiger partial charge in [-0.2, -0.15) is 0 Å². The molecule has 11 heteroatoms. The number of rotatable bonds is 12. The number of aromatic nitrogens is 1. The molecule has 2 aliphatic heterocycles. The van der Waals surface area contributed by atoms with Crippen LogP contribution in [0.3, 0.4) is 0 Å². The molecule has 0 radical (unpaired) electrons. The fourth-order valence-electron chi connectivity index (χ4n) is 5.96. The van der Waals surface area contributed by atoms with Crippen LogP contribution in [0.4, 0.5) is 0 Å². The molecule has 2 aromatic heterocycles. The molecule has 2 unspecified atom stereocenters. The molecule has 4 aromatic rings. The molecular weight excluding hydrogens is 574 g/mol. The van der Waals surface area contributed by atoms with Crippen molar-refractivity contribution in [2.45, 2.75) is 50.6 Å². The van der Waals surface area contributed by atoms with Crippen molar-refractivity contribution in [3.05, 3.63) is 101 Å². The molecule has 0 saturated carbocycles. The zero-order chi connectivity index (χ0) is 31.3. The van der Waals surface area contributed by atoms with Crippen LogP contribution in [0.2, 0.25) is 0 Å². The predicted molar refractivity (Wildman–Crippen MR) is 164 cm³/mol. The number of hydrogen-bond acceptors (Lipinski definition) is 8. The molecule has 5 amide bonds. The molecule has 0 aliphatic carbocycles. The lowest BCUT2D eigenvalue weighted by molar-refractivity contribution is -0.136. The molecule has 1 fully saturated rings. The lowest BCUT2D eigenvalue weighted by Gasteiger charge is -2.27. The van der Waals surface area contributed by atoms with Gasteiger partial charge < -0.3 is 15.1 Å². The van der Waals surface area contributed by atoms with Crippen molar-refractivity contribution in [1.29, 1.82) is 0 Å². The van der Waals surface area contributed by atoms with E-state index in [1.165, 1.54) is 0 Å². The van der Waals surface area contributed by atoms with Gasteiger partial charge in [0.05, 0.1) is 17.2 Å². The van der Waals surface area contributed by atoms with Crippen LogP contribution in [0.5, 0.6) is 0 Å². The van der Waals surface area contributed by atoms with E-state index in [0.29, 0.717) is 44.3 Å². The number of aryl methyl sites for hydroxylation is 1. The number of carbonyl (C=O) groups is 5. The summed E-state index contributed by atoms with van der Waals surface area (Å²) in [5.74, 6) is -1.40. The number of carbonyl (C=O) groups excluding carboxylic acids is 5. The first-order chi connectivity index (χ1) is 21.9. The molecule has 3 N–H and O–H groups in total. The number of furan rings is 1. The molecule has 11 nitrogen and oxygen atoms in total. The number of para-hydroxylation sites is 1. The molecule has 6 rings (SSSR count). The Balaban J connectivity index is 0.981. The lowest BCUT2D eigenvalue weighted by Crippen LogP contribution is -2.54. The van der Waals surface area contributed by atoms with Gasteiger partial charge in [0, 0.05) is 37.2 Å². The van der Waals surface area contributed by atoms with Crippen LogP contribution in [-0.2, 0) is 20.8 Å². The van der Waals surface area contributed by atoms with E-state index in [1.807, 2.05) is 42.5 Å². The van der Waals surface area contributed by atoms with Gasteiger partial charge in [0.2, 0.25) is 17.7 Å². The Morgan fingerprint density at radius 1 is 1.00 bits per heavy atom. The Morgan fingerprint density at radius 3 is 2.67 bits per heavy atom. The molecule has 2 aromatic carbocycles. The number of piperidine rings is 1. The second-order valence-corrected chi connectivity index (χ2v) is 11.2. The summed E-state index contributed by atoms with van der Waals surface area (Å²) in [7, 11) is 0. The number of nitrogens with one attached hydrogen (secondary N) is 3. The highest BCUT2D eigenvalue weighted by Crippen LogP contribution is 2.31. The fourth-order valence-corrected chi connectivity index (χ4v) is 5.96. The van der Waals surface area contributed by atoms with Gasteiger partial charge in [-0.3, -0.25) is 39.2 Å². The number of imide groups is 2. The van der Waals surface area contributed by atoms with Gasteiger partial charge >= 0.3 is 0 Å². The van der Waals surface area contributed by atoms with Crippen LogP contribution in [0.1, 0.15) is 75.7 Å². The van der Waals surface area contributed by atoms with Crippen molar-refractivity contribution >= 4 is 40.5 Å². The third-order valence-electron chi connectivity index (χ3n) is 8.18. The maximum absolute atomic E-state index is 13.3. The Kier molecular flexibility index (Phi) is 8.79. The lowest BCUT2D eigenvalue weighted by atomic mass is 9.99. The highest BCUT2D eigenvalue weighted by molar-refractivity contribution is 6.24. The normalized spacial score (nSPS) is 17.0. The minimum Gasteiger partial charge on any atom is -0.459 e. The fraction of sp³-hybridized carbons (Fsp3) is 0.294. The average molecular weight is 608 g/mol. The third kappa shape index (κ3) is 6.39. The van der Waals surface area contributed by atoms with E-state index >= 15 is 0 Å². The van der Waals surface area contributed by atoms with Gasteiger partial charge in [0.15, 0.2) is 0 Å². The van der Waals surface area contributed by atoms with Crippen LogP contribution in [0.15, 0.2) is 77.5 Å². The maximum atomic E-state index is 13.3. The van der Waals surface area contributed by atoms with Crippen molar-refractivity contribution in [1.82, 2.24) is 25.8 Å². The Bertz CT molecular complexity index is 1730. The van der Waals surface area contributed by atoms with E-state index in [-0.39, 0.29) is 35.9 Å². The summed E-state index contributed by atoms with van der Waals surface area (Å²) in [5, 5.41) is 9.67. The quantitative estimate of drug-likeness (QED) is 0.164. The van der Waals surface area contributed by atoms with E-state index in [2.05, 4.69) is 20.9 Å². The van der Waals surface area contributed by atoms with Crippen molar-refractivity contribution in [3.63, 3.8) is 0 Å². The third-order valence-corrected chi connectivity index (χ3v) is 8.18. The molecule has 230 valence electrons. The Morgan fingerprint density at radius 2 is 1.87 bits per heavy atom. The number of amides is 5. The summed E-state index contributed by atoms with van der Waals surface area (Å²) < 4.78 is 6.11. The smallest absolute Gasteiger partial charge is 0.262 e. The summed E-state index contributed by atoms with van der Waals surface area (Å²) in [6.07, 6.45) is 5.68. The topological polar surface area (TPSA) is 151 Å². The van der Waals surface area contributed by atoms with Gasteiger partial charge in [-0.15, -0.1) is 0 Å². The van der Waals surface area contributed by atoms with E-state index in [0.717, 1.165) is 27.2 Å². The first kappa shape index (κ1) is 29.9. The van der Waals surface area contributed by atoms with Gasteiger partial charge in [0.1, 0.15) is 17.4 Å². The van der Waals surface area contributed by atoms with E-state index < -0.39 is 29.7 Å². The SMILES string of the molecule is O=C(CCCNC(c1cccnc1)c1cc2ccccc2o1)NCCCc1cccc2c1C(=O)N(C1CCC(=O)NC1=O)C2=O. The van der Waals surface area contributed by atoms with E-state index in [1.54, 1.807) is 30.6 Å². The number of fused-ring (bicyclic) bond motifs is 2. The Hall–Kier alpha value is -5.16. The standard InChI is InChI=1S/C34H33N5O6/c40-28(13-6-18-37-31(23-10-4-16-35-20-23)27-19-22-7-1-2-12-26(22)45-27)36-17-5-9-21-8-3-11-24-30(21)34(44)39(33(24)43)25-14-15-29(41)38-32(25)42/h1-4,7-8,10-12,16,19-20,25,31,37H,5-6,9,13-15,17-18H2,(H,36,40)(H,38,41,42). The first-order valence-corrected chi connectivity index (χ1v) is 15.1. The van der Waals surface area contributed by atoms with E-state index in [9.17, 15) is 24.0 Å². The second-order valence-electron chi connectivity index (χ2n) is 11.2. The molecular formula is C34H33N5O6. The number of nitrogens with zero attached hydrogens (tertiary/aromatic N) is 2. The summed E-state index contributed by atoms with van der Waals surface area (Å²) in [5.41, 5.74) is 3.01. The summed E-state index contributed by atoms with van der Waals surface area (Å²) >= 11 is 0. The van der Waals surface area contributed by atoms with Gasteiger partial charge in [-0.05, 0) is 67.6 Å². The average Bonchev–Trinajstić information content (AvgIpc) is 3.58. The zero-order valence-electron chi connectivity index (χ0n) is 24.6. The minimum absolute atomic E-state index is 0.0683. The Labute approximate surface area is 259 Å². The highest BCUT2D eigenvalue weighted by atomic mass is 16.3. The van der Waals surface area contributed by atoms with Gasteiger partial charge in [0.25, 0.3) is 11.8 Å². The minimum atomic E-state index is -1.00. The maximum Gasteiger partial charge on any atom is 0.262 e. The summed E-state index contributed by atoms with van der Waals surface area (Å²) in [6.45, 7) is 0.992. The monoisotopic (exact) mass is 607 g/mol. The molecule has 45 heavy (non-hydrogen) atoms. The van der Waals surface area contributed by atoms with Crippen LogP contribution < -0.4 is 16.0 Å². The second kappa shape index (κ2) is 13.2. The number of benzene rings is 2. The molecule has 0 spiro atoms. The number of hydrogen-bond donors (Lipinski definition) is 3. The largest absolute Gasteiger partial charge is 0.459 e. The van der Waals surface area contributed by atoms with Crippen LogP contribution in [0.25, 0.3) is 11.0 Å². The molecule has 0 bridgehead atoms. The van der Waals surface area contributed by atoms with Crippen molar-refractivity contribution in [2.24, 2.45) is 0 Å². The van der Waals surface area contributed by atoms with Crippen LogP contribution >= 0.6 is 0 Å².